The largest absolute Gasteiger partial charge is 0.491 e. The summed E-state index contributed by atoms with van der Waals surface area (Å²) in [7, 11) is 0. The Bertz CT molecular complexity index is 379. The van der Waals surface area contributed by atoms with E-state index in [1.807, 2.05) is 0 Å². The molecule has 14 heavy (non-hydrogen) atoms. The lowest BCUT2D eigenvalue weighted by molar-refractivity contribution is 0.115. The second kappa shape index (κ2) is 3.78. The van der Waals surface area contributed by atoms with Crippen molar-refractivity contribution in [1.82, 2.24) is 0 Å². The molecule has 2 rings (SSSR count). The summed E-state index contributed by atoms with van der Waals surface area (Å²) in [6.07, 6.45) is -0.147. The van der Waals surface area contributed by atoms with E-state index in [4.69, 9.17) is 39.5 Å². The number of aliphatic hydroxyl groups is 1. The maximum absolute atomic E-state index is 9.71. The van der Waals surface area contributed by atoms with Gasteiger partial charge in [-0.05, 0) is 6.07 Å². The van der Waals surface area contributed by atoms with Gasteiger partial charge in [0.2, 0.25) is 0 Å². The summed E-state index contributed by atoms with van der Waals surface area (Å²) < 4.78 is 5.33. The van der Waals surface area contributed by atoms with Crippen molar-refractivity contribution in [2.75, 3.05) is 6.61 Å². The van der Waals surface area contributed by atoms with Crippen molar-refractivity contribution in [2.45, 2.75) is 12.5 Å². The fraction of sp³-hybridized carbons (Fsp3) is 0.333. The van der Waals surface area contributed by atoms with Gasteiger partial charge in [0, 0.05) is 12.0 Å². The fourth-order valence-corrected chi connectivity index (χ4v) is 2.26. The SMILES string of the molecule is O[C@@H]1CCOc2c(Cl)cc(Cl)c(Cl)c21. The third kappa shape index (κ3) is 1.57. The smallest absolute Gasteiger partial charge is 0.145 e. The molecule has 1 aromatic rings. The molecule has 1 heterocycles. The summed E-state index contributed by atoms with van der Waals surface area (Å²) in [5.74, 6) is 0.444. The van der Waals surface area contributed by atoms with Gasteiger partial charge in [-0.3, -0.25) is 0 Å². The van der Waals surface area contributed by atoms with E-state index in [9.17, 15) is 5.11 Å². The number of hydrogen-bond donors (Lipinski definition) is 1. The molecular weight excluding hydrogens is 246 g/mol. The molecule has 1 aliphatic rings. The highest BCUT2D eigenvalue weighted by atomic mass is 35.5. The number of rotatable bonds is 0. The van der Waals surface area contributed by atoms with Crippen LogP contribution in [0.4, 0.5) is 0 Å². The molecule has 1 atom stereocenters. The second-order valence-corrected chi connectivity index (χ2v) is 4.24. The van der Waals surface area contributed by atoms with Crippen LogP contribution in [0.5, 0.6) is 5.75 Å². The van der Waals surface area contributed by atoms with Crippen LogP contribution in [0.15, 0.2) is 6.07 Å². The van der Waals surface area contributed by atoms with E-state index in [0.717, 1.165) is 0 Å². The molecule has 2 nitrogen and oxygen atoms in total. The predicted molar refractivity (Wildman–Crippen MR) is 56.5 cm³/mol. The molecule has 0 aliphatic carbocycles. The summed E-state index contributed by atoms with van der Waals surface area (Å²) >= 11 is 17.7. The molecule has 0 saturated carbocycles. The number of hydrogen-bond acceptors (Lipinski definition) is 2. The minimum Gasteiger partial charge on any atom is -0.491 e. The minimum absolute atomic E-state index is 0.318. The Morgan fingerprint density at radius 3 is 2.71 bits per heavy atom. The Balaban J connectivity index is 2.67. The first-order chi connectivity index (χ1) is 6.61. The Morgan fingerprint density at radius 1 is 1.29 bits per heavy atom. The van der Waals surface area contributed by atoms with Gasteiger partial charge in [-0.1, -0.05) is 34.8 Å². The van der Waals surface area contributed by atoms with Crippen LogP contribution in [0.3, 0.4) is 0 Å². The van der Waals surface area contributed by atoms with Gasteiger partial charge in [-0.15, -0.1) is 0 Å². The van der Waals surface area contributed by atoms with E-state index in [0.29, 0.717) is 39.4 Å². The molecule has 0 amide bonds. The van der Waals surface area contributed by atoms with E-state index >= 15 is 0 Å². The fourth-order valence-electron chi connectivity index (χ4n) is 1.46. The molecule has 0 unspecified atom stereocenters. The molecule has 1 N–H and O–H groups in total. The van der Waals surface area contributed by atoms with Crippen molar-refractivity contribution in [3.63, 3.8) is 0 Å². The highest BCUT2D eigenvalue weighted by Crippen LogP contribution is 2.45. The predicted octanol–water partition coefficient (Wildman–Crippen LogP) is 3.46. The van der Waals surface area contributed by atoms with Crippen molar-refractivity contribution < 1.29 is 9.84 Å². The van der Waals surface area contributed by atoms with Crippen molar-refractivity contribution in [3.8, 4) is 5.75 Å². The standard InChI is InChI=1S/C9H7Cl3O2/c10-4-3-5(11)9-7(8(4)12)6(13)1-2-14-9/h3,6,13H,1-2H2/t6-/m1/s1. The van der Waals surface area contributed by atoms with Crippen molar-refractivity contribution in [1.29, 1.82) is 0 Å². The van der Waals surface area contributed by atoms with Crippen LogP contribution in [0, 0.1) is 0 Å². The topological polar surface area (TPSA) is 29.5 Å². The number of fused-ring (bicyclic) bond motifs is 1. The molecule has 0 fully saturated rings. The summed E-state index contributed by atoms with van der Waals surface area (Å²) in [6, 6.07) is 1.52. The number of ether oxygens (including phenoxy) is 1. The average molecular weight is 254 g/mol. The van der Waals surface area contributed by atoms with Crippen LogP contribution >= 0.6 is 34.8 Å². The third-order valence-corrected chi connectivity index (χ3v) is 3.21. The molecule has 0 aromatic heterocycles. The zero-order valence-electron chi connectivity index (χ0n) is 7.06. The molecule has 76 valence electrons. The van der Waals surface area contributed by atoms with Crippen molar-refractivity contribution in [3.05, 3.63) is 26.7 Å². The lowest BCUT2D eigenvalue weighted by atomic mass is 10.0. The van der Waals surface area contributed by atoms with Crippen LogP contribution < -0.4 is 4.74 Å². The summed E-state index contributed by atoms with van der Waals surface area (Å²) in [4.78, 5) is 0. The Hall–Kier alpha value is -0.150. The third-order valence-electron chi connectivity index (χ3n) is 2.13. The Labute approximate surface area is 96.3 Å². The van der Waals surface area contributed by atoms with Gasteiger partial charge in [0.1, 0.15) is 5.75 Å². The molecule has 0 radical (unpaired) electrons. The lowest BCUT2D eigenvalue weighted by Gasteiger charge is -2.24. The molecular formula is C9H7Cl3O2. The van der Waals surface area contributed by atoms with E-state index < -0.39 is 6.10 Å². The van der Waals surface area contributed by atoms with Gasteiger partial charge in [0.05, 0.1) is 27.8 Å². The first-order valence-corrected chi connectivity index (χ1v) is 5.23. The number of benzene rings is 1. The molecule has 1 aromatic carbocycles. The Morgan fingerprint density at radius 2 is 2.00 bits per heavy atom. The number of aliphatic hydroxyl groups excluding tert-OH is 1. The molecule has 1 aliphatic heterocycles. The monoisotopic (exact) mass is 252 g/mol. The van der Waals surface area contributed by atoms with Gasteiger partial charge in [0.25, 0.3) is 0 Å². The molecule has 0 bridgehead atoms. The van der Waals surface area contributed by atoms with Gasteiger partial charge >= 0.3 is 0 Å². The quantitative estimate of drug-likeness (QED) is 0.718. The normalized spacial score (nSPS) is 20.1. The summed E-state index contributed by atoms with van der Waals surface area (Å²) in [5.41, 5.74) is 0.496. The molecule has 0 saturated heterocycles. The lowest BCUT2D eigenvalue weighted by Crippen LogP contribution is -2.14. The highest BCUT2D eigenvalue weighted by Gasteiger charge is 2.26. The van der Waals surface area contributed by atoms with Crippen molar-refractivity contribution >= 4 is 34.8 Å². The van der Waals surface area contributed by atoms with Crippen molar-refractivity contribution in [2.24, 2.45) is 0 Å². The van der Waals surface area contributed by atoms with E-state index in [1.165, 1.54) is 6.07 Å². The van der Waals surface area contributed by atoms with E-state index in [1.54, 1.807) is 0 Å². The second-order valence-electron chi connectivity index (χ2n) is 3.05. The first kappa shape index (κ1) is 10.4. The maximum atomic E-state index is 9.71. The van der Waals surface area contributed by atoms with Crippen LogP contribution in [-0.4, -0.2) is 11.7 Å². The minimum atomic E-state index is -0.651. The van der Waals surface area contributed by atoms with Crippen LogP contribution in [-0.2, 0) is 0 Å². The molecule has 5 heteroatoms. The number of halogens is 3. The summed E-state index contributed by atoms with van der Waals surface area (Å²) in [6.45, 7) is 0.436. The zero-order valence-corrected chi connectivity index (χ0v) is 9.33. The van der Waals surface area contributed by atoms with Crippen LogP contribution in [0.25, 0.3) is 0 Å². The van der Waals surface area contributed by atoms with Gasteiger partial charge in [0.15, 0.2) is 0 Å². The highest BCUT2D eigenvalue weighted by molar-refractivity contribution is 6.44. The summed E-state index contributed by atoms with van der Waals surface area (Å²) in [5, 5.41) is 10.7. The van der Waals surface area contributed by atoms with Crippen LogP contribution in [0.2, 0.25) is 15.1 Å². The Kier molecular flexibility index (Phi) is 2.80. The average Bonchev–Trinajstić information content (AvgIpc) is 2.14. The van der Waals surface area contributed by atoms with Crippen LogP contribution in [0.1, 0.15) is 18.1 Å². The zero-order chi connectivity index (χ0) is 10.3. The van der Waals surface area contributed by atoms with Gasteiger partial charge in [-0.2, -0.15) is 0 Å². The van der Waals surface area contributed by atoms with E-state index in [2.05, 4.69) is 0 Å². The van der Waals surface area contributed by atoms with Gasteiger partial charge < -0.3 is 9.84 Å². The van der Waals surface area contributed by atoms with E-state index in [-0.39, 0.29) is 0 Å². The maximum Gasteiger partial charge on any atom is 0.145 e. The first-order valence-electron chi connectivity index (χ1n) is 4.09. The van der Waals surface area contributed by atoms with Gasteiger partial charge in [-0.25, -0.2) is 0 Å². The molecule has 0 spiro atoms.